The Labute approximate surface area is 114 Å². The largest absolute Gasteiger partial charge is 0.491 e. The first kappa shape index (κ1) is 15.9. The SMILES string of the molecule is Cc1cc(C)c(C)c(OCCOCCS(N)(=O)=O)c1. The molecule has 1 rings (SSSR count). The molecule has 0 aliphatic rings. The predicted octanol–water partition coefficient (Wildman–Crippen LogP) is 1.30. The van der Waals surface area contributed by atoms with E-state index in [2.05, 4.69) is 6.07 Å². The average molecular weight is 287 g/mol. The lowest BCUT2D eigenvalue weighted by Crippen LogP contribution is -2.21. The molecule has 0 aromatic heterocycles. The average Bonchev–Trinajstić information content (AvgIpc) is 2.28. The van der Waals surface area contributed by atoms with Crippen molar-refractivity contribution in [2.75, 3.05) is 25.6 Å². The molecule has 6 heteroatoms. The molecule has 1 aromatic carbocycles. The van der Waals surface area contributed by atoms with Gasteiger partial charge in [0.1, 0.15) is 12.4 Å². The van der Waals surface area contributed by atoms with E-state index in [9.17, 15) is 8.42 Å². The molecule has 0 unspecified atom stereocenters. The Morgan fingerprint density at radius 2 is 1.79 bits per heavy atom. The molecule has 0 spiro atoms. The molecular weight excluding hydrogens is 266 g/mol. The summed E-state index contributed by atoms with van der Waals surface area (Å²) in [4.78, 5) is 0. The normalized spacial score (nSPS) is 11.6. The summed E-state index contributed by atoms with van der Waals surface area (Å²) in [5.41, 5.74) is 3.44. The van der Waals surface area contributed by atoms with Gasteiger partial charge in [0, 0.05) is 0 Å². The molecule has 108 valence electrons. The Bertz CT molecular complexity index is 526. The van der Waals surface area contributed by atoms with Crippen molar-refractivity contribution >= 4 is 10.0 Å². The second-order valence-corrected chi connectivity index (χ2v) is 6.27. The van der Waals surface area contributed by atoms with E-state index in [-0.39, 0.29) is 12.4 Å². The van der Waals surface area contributed by atoms with Crippen LogP contribution in [-0.4, -0.2) is 34.0 Å². The van der Waals surface area contributed by atoms with E-state index in [0.717, 1.165) is 16.9 Å². The lowest BCUT2D eigenvalue weighted by molar-refractivity contribution is 0.111. The lowest BCUT2D eigenvalue weighted by Gasteiger charge is -2.12. The molecule has 0 aliphatic heterocycles. The van der Waals surface area contributed by atoms with E-state index in [4.69, 9.17) is 14.6 Å². The zero-order valence-electron chi connectivity index (χ0n) is 11.6. The molecule has 0 bridgehead atoms. The molecule has 0 heterocycles. The summed E-state index contributed by atoms with van der Waals surface area (Å²) in [6.45, 7) is 6.87. The van der Waals surface area contributed by atoms with Gasteiger partial charge in [-0.1, -0.05) is 6.07 Å². The van der Waals surface area contributed by atoms with Crippen LogP contribution >= 0.6 is 0 Å². The third-order valence-corrected chi connectivity index (χ3v) is 3.50. The van der Waals surface area contributed by atoms with Gasteiger partial charge in [0.2, 0.25) is 10.0 Å². The maximum atomic E-state index is 10.7. The zero-order valence-corrected chi connectivity index (χ0v) is 12.4. The number of ether oxygens (including phenoxy) is 2. The summed E-state index contributed by atoms with van der Waals surface area (Å²) in [5, 5.41) is 4.86. The fourth-order valence-corrected chi connectivity index (χ4v) is 1.99. The van der Waals surface area contributed by atoms with Gasteiger partial charge >= 0.3 is 0 Å². The Balaban J connectivity index is 2.34. The van der Waals surface area contributed by atoms with Gasteiger partial charge in [0.25, 0.3) is 0 Å². The maximum absolute atomic E-state index is 10.7. The molecule has 0 fully saturated rings. The quantitative estimate of drug-likeness (QED) is 0.767. The third kappa shape index (κ3) is 6.04. The molecule has 0 aliphatic carbocycles. The summed E-state index contributed by atoms with van der Waals surface area (Å²) in [6, 6.07) is 4.08. The summed E-state index contributed by atoms with van der Waals surface area (Å²) in [5.74, 6) is 0.669. The Hall–Kier alpha value is -1.11. The van der Waals surface area contributed by atoms with E-state index < -0.39 is 10.0 Å². The minimum absolute atomic E-state index is 0.0913. The van der Waals surface area contributed by atoms with Crippen LogP contribution in [0.3, 0.4) is 0 Å². The topological polar surface area (TPSA) is 78.6 Å². The predicted molar refractivity (Wildman–Crippen MR) is 74.9 cm³/mol. The van der Waals surface area contributed by atoms with Gasteiger partial charge in [0.05, 0.1) is 19.0 Å². The summed E-state index contributed by atoms with van der Waals surface area (Å²) < 4.78 is 32.1. The van der Waals surface area contributed by atoms with E-state index in [1.54, 1.807) is 0 Å². The van der Waals surface area contributed by atoms with Crippen molar-refractivity contribution in [1.82, 2.24) is 0 Å². The van der Waals surface area contributed by atoms with Crippen molar-refractivity contribution in [2.45, 2.75) is 20.8 Å². The number of aryl methyl sites for hydroxylation is 2. The van der Waals surface area contributed by atoms with Gasteiger partial charge in [0.15, 0.2) is 0 Å². The molecule has 0 amide bonds. The highest BCUT2D eigenvalue weighted by Gasteiger charge is 2.04. The van der Waals surface area contributed by atoms with Crippen LogP contribution in [0, 0.1) is 20.8 Å². The highest BCUT2D eigenvalue weighted by Crippen LogP contribution is 2.23. The molecule has 0 saturated carbocycles. The van der Waals surface area contributed by atoms with Crippen LogP contribution in [0.4, 0.5) is 0 Å². The first-order chi connectivity index (χ1) is 8.79. The van der Waals surface area contributed by atoms with Crippen molar-refractivity contribution in [3.05, 3.63) is 28.8 Å². The Kier molecular flexibility index (Phi) is 5.78. The standard InChI is InChI=1S/C13H21NO4S/c1-10-8-11(2)12(3)13(9-10)18-5-4-17-6-7-19(14,15)16/h8-9H,4-7H2,1-3H3,(H2,14,15,16). The van der Waals surface area contributed by atoms with Gasteiger partial charge in [-0.25, -0.2) is 13.6 Å². The first-order valence-corrected chi connectivity index (χ1v) is 7.80. The van der Waals surface area contributed by atoms with Crippen molar-refractivity contribution in [2.24, 2.45) is 5.14 Å². The fraction of sp³-hybridized carbons (Fsp3) is 0.538. The fourth-order valence-electron chi connectivity index (χ4n) is 1.64. The number of sulfonamides is 1. The van der Waals surface area contributed by atoms with E-state index in [1.807, 2.05) is 26.8 Å². The van der Waals surface area contributed by atoms with Crippen LogP contribution in [0.2, 0.25) is 0 Å². The van der Waals surface area contributed by atoms with Crippen LogP contribution in [0.1, 0.15) is 16.7 Å². The smallest absolute Gasteiger partial charge is 0.211 e. The summed E-state index contributed by atoms with van der Waals surface area (Å²) in [6.07, 6.45) is 0. The molecular formula is C13H21NO4S. The van der Waals surface area contributed by atoms with E-state index >= 15 is 0 Å². The number of hydrogen-bond donors (Lipinski definition) is 1. The molecule has 19 heavy (non-hydrogen) atoms. The van der Waals surface area contributed by atoms with Crippen LogP contribution in [0.5, 0.6) is 5.75 Å². The van der Waals surface area contributed by atoms with Crippen LogP contribution < -0.4 is 9.88 Å². The van der Waals surface area contributed by atoms with Gasteiger partial charge in [-0.3, -0.25) is 0 Å². The van der Waals surface area contributed by atoms with Crippen molar-refractivity contribution in [1.29, 1.82) is 0 Å². The van der Waals surface area contributed by atoms with Crippen molar-refractivity contribution < 1.29 is 17.9 Å². The number of nitrogens with two attached hydrogens (primary N) is 1. The second-order valence-electron chi connectivity index (χ2n) is 4.53. The second kappa shape index (κ2) is 6.88. The summed E-state index contributed by atoms with van der Waals surface area (Å²) in [7, 11) is -3.45. The van der Waals surface area contributed by atoms with Crippen LogP contribution in [-0.2, 0) is 14.8 Å². The molecule has 1 aromatic rings. The monoisotopic (exact) mass is 287 g/mol. The van der Waals surface area contributed by atoms with Crippen LogP contribution in [0.25, 0.3) is 0 Å². The first-order valence-electron chi connectivity index (χ1n) is 6.08. The Morgan fingerprint density at radius 3 is 2.42 bits per heavy atom. The minimum Gasteiger partial charge on any atom is -0.491 e. The maximum Gasteiger partial charge on any atom is 0.211 e. The number of hydrogen-bond acceptors (Lipinski definition) is 4. The van der Waals surface area contributed by atoms with Crippen molar-refractivity contribution in [3.63, 3.8) is 0 Å². The third-order valence-electron chi connectivity index (χ3n) is 2.76. The zero-order chi connectivity index (χ0) is 14.5. The Morgan fingerprint density at radius 1 is 1.11 bits per heavy atom. The molecule has 0 saturated heterocycles. The highest BCUT2D eigenvalue weighted by atomic mass is 32.2. The van der Waals surface area contributed by atoms with Gasteiger partial charge in [-0.05, 0) is 43.5 Å². The minimum atomic E-state index is -3.45. The van der Waals surface area contributed by atoms with E-state index in [0.29, 0.717) is 13.2 Å². The molecule has 0 radical (unpaired) electrons. The van der Waals surface area contributed by atoms with Gasteiger partial charge in [-0.15, -0.1) is 0 Å². The number of benzene rings is 1. The molecule has 0 atom stereocenters. The van der Waals surface area contributed by atoms with Gasteiger partial charge < -0.3 is 9.47 Å². The van der Waals surface area contributed by atoms with Crippen LogP contribution in [0.15, 0.2) is 12.1 Å². The molecule has 5 nitrogen and oxygen atoms in total. The number of primary sulfonamides is 1. The lowest BCUT2D eigenvalue weighted by atomic mass is 10.1. The van der Waals surface area contributed by atoms with Gasteiger partial charge in [-0.2, -0.15) is 0 Å². The number of rotatable bonds is 7. The summed E-state index contributed by atoms with van der Waals surface area (Å²) >= 11 is 0. The highest BCUT2D eigenvalue weighted by molar-refractivity contribution is 7.89. The van der Waals surface area contributed by atoms with E-state index in [1.165, 1.54) is 5.56 Å². The molecule has 2 N–H and O–H groups in total. The van der Waals surface area contributed by atoms with Crippen molar-refractivity contribution in [3.8, 4) is 5.75 Å².